The monoisotopic (exact) mass is 420 g/mol. The zero-order valence-electron chi connectivity index (χ0n) is 17.7. The predicted octanol–water partition coefficient (Wildman–Crippen LogP) is 4.15. The van der Waals surface area contributed by atoms with Crippen molar-refractivity contribution in [2.45, 2.75) is 39.3 Å². The van der Waals surface area contributed by atoms with E-state index in [2.05, 4.69) is 70.9 Å². The second kappa shape index (κ2) is 8.58. The third-order valence-electron chi connectivity index (χ3n) is 5.84. The van der Waals surface area contributed by atoms with Crippen LogP contribution < -0.4 is 5.32 Å². The molecular formula is C24H28N4OS. The van der Waals surface area contributed by atoms with Crippen LogP contribution in [0.1, 0.15) is 46.7 Å². The fourth-order valence-electron chi connectivity index (χ4n) is 4.40. The largest absolute Gasteiger partial charge is 0.396 e. The van der Waals surface area contributed by atoms with Crippen LogP contribution in [0.5, 0.6) is 0 Å². The number of nitrogens with zero attached hydrogens (tertiary/aromatic N) is 3. The van der Waals surface area contributed by atoms with Gasteiger partial charge in [0.05, 0.1) is 17.8 Å². The van der Waals surface area contributed by atoms with Gasteiger partial charge in [-0.1, -0.05) is 23.8 Å². The average Bonchev–Trinajstić information content (AvgIpc) is 3.23. The van der Waals surface area contributed by atoms with Gasteiger partial charge >= 0.3 is 0 Å². The Bertz CT molecular complexity index is 1030. The van der Waals surface area contributed by atoms with Gasteiger partial charge in [-0.3, -0.25) is 4.98 Å². The Morgan fingerprint density at radius 1 is 1.10 bits per heavy atom. The molecule has 5 nitrogen and oxygen atoms in total. The smallest absolute Gasteiger partial charge is 0.170 e. The number of aryl methyl sites for hydroxylation is 2. The van der Waals surface area contributed by atoms with Crippen LogP contribution in [0.25, 0.3) is 5.69 Å². The summed E-state index contributed by atoms with van der Waals surface area (Å²) < 4.78 is 2.30. The van der Waals surface area contributed by atoms with E-state index in [1.807, 2.05) is 24.4 Å². The van der Waals surface area contributed by atoms with Gasteiger partial charge in [0.1, 0.15) is 0 Å². The molecule has 2 N–H and O–H groups in total. The molecule has 0 amide bonds. The average molecular weight is 421 g/mol. The summed E-state index contributed by atoms with van der Waals surface area (Å²) in [6.45, 7) is 7.26. The second-order valence-electron chi connectivity index (χ2n) is 7.89. The fourth-order valence-corrected chi connectivity index (χ4v) is 4.74. The number of nitrogens with one attached hydrogen (secondary N) is 1. The Morgan fingerprint density at radius 2 is 1.87 bits per heavy atom. The normalized spacial score (nSPS) is 18.7. The minimum atomic E-state index is -0.0376. The summed E-state index contributed by atoms with van der Waals surface area (Å²) in [7, 11) is 0. The van der Waals surface area contributed by atoms with Crippen LogP contribution in [0.3, 0.4) is 0 Å². The molecule has 3 heterocycles. The van der Waals surface area contributed by atoms with Gasteiger partial charge in [-0.25, -0.2) is 0 Å². The third-order valence-corrected chi connectivity index (χ3v) is 6.19. The number of rotatable bonds is 6. The molecule has 0 aliphatic carbocycles. The first-order chi connectivity index (χ1) is 14.5. The van der Waals surface area contributed by atoms with Crippen LogP contribution in [0.4, 0.5) is 0 Å². The van der Waals surface area contributed by atoms with E-state index in [4.69, 9.17) is 12.2 Å². The second-order valence-corrected chi connectivity index (χ2v) is 8.28. The highest BCUT2D eigenvalue weighted by Crippen LogP contribution is 2.41. The lowest BCUT2D eigenvalue weighted by atomic mass is 9.96. The molecule has 1 fully saturated rings. The van der Waals surface area contributed by atoms with E-state index in [1.54, 1.807) is 0 Å². The summed E-state index contributed by atoms with van der Waals surface area (Å²) in [6.07, 6.45) is 2.49. The number of hydrogen-bond acceptors (Lipinski definition) is 3. The molecule has 1 aliphatic rings. The number of hydrogen-bond donors (Lipinski definition) is 2. The lowest BCUT2D eigenvalue weighted by Crippen LogP contribution is -2.31. The maximum atomic E-state index is 9.42. The minimum absolute atomic E-state index is 0.0179. The molecule has 0 spiro atoms. The molecule has 0 unspecified atom stereocenters. The number of aromatic nitrogens is 2. The van der Waals surface area contributed by atoms with E-state index >= 15 is 0 Å². The van der Waals surface area contributed by atoms with E-state index in [-0.39, 0.29) is 18.7 Å². The van der Waals surface area contributed by atoms with Gasteiger partial charge in [-0.15, -0.1) is 0 Å². The lowest BCUT2D eigenvalue weighted by molar-refractivity contribution is 0.247. The van der Waals surface area contributed by atoms with Crippen molar-refractivity contribution in [3.63, 3.8) is 0 Å². The molecule has 1 aliphatic heterocycles. The standard InChI is InChI=1S/C24H28N4OS/c1-16-8-10-19(11-9-16)28-17(2)15-20(18(28)3)23-22(21-7-4-5-12-25-21)26-24(30)27(23)13-6-14-29/h4-5,7-12,15,22-23,29H,6,13-14H2,1-3H3,(H,26,30)/t22-,23+/m1/s1. The molecule has 156 valence electrons. The van der Waals surface area contributed by atoms with Gasteiger partial charge in [0.25, 0.3) is 0 Å². The van der Waals surface area contributed by atoms with Gasteiger partial charge in [0.2, 0.25) is 0 Å². The van der Waals surface area contributed by atoms with Crippen LogP contribution in [-0.4, -0.2) is 37.8 Å². The fraction of sp³-hybridized carbons (Fsp3) is 0.333. The molecule has 30 heavy (non-hydrogen) atoms. The number of aliphatic hydroxyl groups excluding tert-OH is 1. The van der Waals surface area contributed by atoms with Crippen molar-refractivity contribution in [3.8, 4) is 5.69 Å². The molecule has 1 saturated heterocycles. The van der Waals surface area contributed by atoms with Crippen LogP contribution >= 0.6 is 12.2 Å². The summed E-state index contributed by atoms with van der Waals surface area (Å²) in [5.74, 6) is 0. The summed E-state index contributed by atoms with van der Waals surface area (Å²) >= 11 is 5.70. The van der Waals surface area contributed by atoms with Crippen LogP contribution in [0, 0.1) is 20.8 Å². The Hall–Kier alpha value is -2.70. The molecule has 2 aromatic heterocycles. The molecule has 0 radical (unpaired) electrons. The number of pyridine rings is 1. The molecule has 4 rings (SSSR count). The molecule has 2 atom stereocenters. The minimum Gasteiger partial charge on any atom is -0.396 e. The Labute approximate surface area is 183 Å². The summed E-state index contributed by atoms with van der Waals surface area (Å²) in [6, 6.07) is 16.8. The van der Waals surface area contributed by atoms with E-state index in [0.717, 1.165) is 11.4 Å². The zero-order chi connectivity index (χ0) is 21.3. The third kappa shape index (κ3) is 3.73. The highest BCUT2D eigenvalue weighted by Gasteiger charge is 2.41. The number of aliphatic hydroxyl groups is 1. The van der Waals surface area contributed by atoms with Crippen molar-refractivity contribution >= 4 is 17.3 Å². The van der Waals surface area contributed by atoms with Gasteiger partial charge in [-0.2, -0.15) is 0 Å². The maximum Gasteiger partial charge on any atom is 0.170 e. The number of benzene rings is 1. The molecule has 1 aromatic carbocycles. The first-order valence-electron chi connectivity index (χ1n) is 10.4. The SMILES string of the molecule is Cc1ccc(-n2c(C)cc([C@H]3[C@@H](c4ccccn4)NC(=S)N3CCCO)c2C)cc1. The highest BCUT2D eigenvalue weighted by molar-refractivity contribution is 7.80. The van der Waals surface area contributed by atoms with Crippen molar-refractivity contribution in [1.29, 1.82) is 0 Å². The lowest BCUT2D eigenvalue weighted by Gasteiger charge is -2.28. The van der Waals surface area contributed by atoms with Gasteiger partial charge in [0.15, 0.2) is 5.11 Å². The van der Waals surface area contributed by atoms with Crippen molar-refractivity contribution < 1.29 is 5.11 Å². The van der Waals surface area contributed by atoms with Crippen molar-refractivity contribution in [3.05, 3.63) is 82.9 Å². The van der Waals surface area contributed by atoms with E-state index < -0.39 is 0 Å². The highest BCUT2D eigenvalue weighted by atomic mass is 32.1. The molecular weight excluding hydrogens is 392 g/mol. The van der Waals surface area contributed by atoms with Crippen molar-refractivity contribution in [2.24, 2.45) is 0 Å². The van der Waals surface area contributed by atoms with E-state index in [1.165, 1.54) is 22.5 Å². The van der Waals surface area contributed by atoms with E-state index in [9.17, 15) is 5.11 Å². The molecule has 3 aromatic rings. The Kier molecular flexibility index (Phi) is 5.88. The first kappa shape index (κ1) is 20.6. The van der Waals surface area contributed by atoms with Crippen LogP contribution in [0.2, 0.25) is 0 Å². The maximum absolute atomic E-state index is 9.42. The van der Waals surface area contributed by atoms with Gasteiger partial charge in [-0.05, 0) is 75.3 Å². The van der Waals surface area contributed by atoms with Gasteiger partial charge in [0, 0.05) is 36.4 Å². The summed E-state index contributed by atoms with van der Waals surface area (Å²) in [5.41, 5.74) is 6.99. The zero-order valence-corrected chi connectivity index (χ0v) is 18.5. The van der Waals surface area contributed by atoms with Crippen LogP contribution in [0.15, 0.2) is 54.7 Å². The van der Waals surface area contributed by atoms with Gasteiger partial charge < -0.3 is 19.9 Å². The quantitative estimate of drug-likeness (QED) is 0.587. The summed E-state index contributed by atoms with van der Waals surface area (Å²) in [5, 5.41) is 13.6. The molecule has 6 heteroatoms. The van der Waals surface area contributed by atoms with Crippen molar-refractivity contribution in [1.82, 2.24) is 19.8 Å². The van der Waals surface area contributed by atoms with Crippen LogP contribution in [-0.2, 0) is 0 Å². The number of thiocarbonyl (C=S) groups is 1. The Balaban J connectivity index is 1.81. The molecule has 0 bridgehead atoms. The Morgan fingerprint density at radius 3 is 2.53 bits per heavy atom. The topological polar surface area (TPSA) is 53.3 Å². The first-order valence-corrected chi connectivity index (χ1v) is 10.8. The molecule has 0 saturated carbocycles. The van der Waals surface area contributed by atoms with E-state index in [0.29, 0.717) is 18.1 Å². The predicted molar refractivity (Wildman–Crippen MR) is 124 cm³/mol. The summed E-state index contributed by atoms with van der Waals surface area (Å²) in [4.78, 5) is 6.81. The van der Waals surface area contributed by atoms with Crippen molar-refractivity contribution in [2.75, 3.05) is 13.2 Å².